The van der Waals surface area contributed by atoms with Crippen molar-refractivity contribution >= 4 is 27.5 Å². The van der Waals surface area contributed by atoms with Gasteiger partial charge in [0.25, 0.3) is 0 Å². The summed E-state index contributed by atoms with van der Waals surface area (Å²) in [5.74, 6) is -1.12. The highest BCUT2D eigenvalue weighted by Gasteiger charge is 2.33. The smallest absolute Gasteiger partial charge is 0.244 e. The molecule has 1 atom stereocenters. The van der Waals surface area contributed by atoms with Crippen LogP contribution in [-0.4, -0.2) is 50.5 Å². The van der Waals surface area contributed by atoms with Gasteiger partial charge in [-0.3, -0.25) is 13.9 Å². The summed E-state index contributed by atoms with van der Waals surface area (Å²) in [7, 11) is -3.85. The minimum Gasteiger partial charge on any atom is -0.354 e. The van der Waals surface area contributed by atoms with Crippen LogP contribution in [0.15, 0.2) is 72.8 Å². The van der Waals surface area contributed by atoms with Crippen molar-refractivity contribution in [3.05, 3.63) is 101 Å². The summed E-state index contributed by atoms with van der Waals surface area (Å²) in [6.45, 7) is 7.66. The predicted octanol–water partition coefficient (Wildman–Crippen LogP) is 4.62. The van der Waals surface area contributed by atoms with Gasteiger partial charge in [0.05, 0.1) is 11.9 Å². The highest BCUT2D eigenvalue weighted by Crippen LogP contribution is 2.23. The molecular weight excluding hydrogens is 529 g/mol. The minimum atomic E-state index is -3.85. The molecular formula is C31H38FN3O4S. The van der Waals surface area contributed by atoms with Gasteiger partial charge in [-0.2, -0.15) is 0 Å². The monoisotopic (exact) mass is 567 g/mol. The van der Waals surface area contributed by atoms with E-state index in [0.29, 0.717) is 17.8 Å². The number of amides is 2. The standard InChI is InChI=1S/C31H38FN3O4S/c1-22(2)19-33-31(37)29(18-25-9-7-6-8-10-25)34(20-26-12-14-27(32)15-13-26)30(36)21-35(40(5,38)39)28-16-11-23(3)24(4)17-28/h6-17,22,29H,18-21H2,1-5H3,(H,33,37). The molecule has 0 saturated carbocycles. The van der Waals surface area contributed by atoms with Crippen LogP contribution in [0.1, 0.15) is 36.1 Å². The second-order valence-electron chi connectivity index (χ2n) is 10.5. The Hall–Kier alpha value is -3.72. The third kappa shape index (κ3) is 8.64. The molecule has 40 heavy (non-hydrogen) atoms. The molecule has 0 aromatic heterocycles. The van der Waals surface area contributed by atoms with Gasteiger partial charge in [-0.25, -0.2) is 12.8 Å². The quantitative estimate of drug-likeness (QED) is 0.346. The van der Waals surface area contributed by atoms with Crippen LogP contribution < -0.4 is 9.62 Å². The topological polar surface area (TPSA) is 86.8 Å². The van der Waals surface area contributed by atoms with Crippen molar-refractivity contribution in [3.8, 4) is 0 Å². The Balaban J connectivity index is 2.05. The van der Waals surface area contributed by atoms with Gasteiger partial charge in [0.15, 0.2) is 0 Å². The number of hydrogen-bond donors (Lipinski definition) is 1. The van der Waals surface area contributed by atoms with Crippen LogP contribution >= 0.6 is 0 Å². The number of hydrogen-bond acceptors (Lipinski definition) is 4. The van der Waals surface area contributed by atoms with E-state index in [-0.39, 0.29) is 24.8 Å². The number of sulfonamides is 1. The predicted molar refractivity (Wildman–Crippen MR) is 157 cm³/mol. The van der Waals surface area contributed by atoms with Crippen molar-refractivity contribution in [1.82, 2.24) is 10.2 Å². The number of nitrogens with one attached hydrogen (secondary N) is 1. The average Bonchev–Trinajstić information content (AvgIpc) is 2.90. The third-order valence-corrected chi connectivity index (χ3v) is 7.82. The van der Waals surface area contributed by atoms with Crippen molar-refractivity contribution < 1.29 is 22.4 Å². The van der Waals surface area contributed by atoms with Crippen molar-refractivity contribution in [2.45, 2.75) is 46.7 Å². The average molecular weight is 568 g/mol. The molecule has 0 bridgehead atoms. The maximum absolute atomic E-state index is 14.0. The molecule has 3 rings (SSSR count). The molecule has 0 spiro atoms. The zero-order valence-electron chi connectivity index (χ0n) is 23.7. The third-order valence-electron chi connectivity index (χ3n) is 6.68. The Morgan fingerprint density at radius 2 is 1.55 bits per heavy atom. The molecule has 9 heteroatoms. The summed E-state index contributed by atoms with van der Waals surface area (Å²) < 4.78 is 40.5. The first-order valence-electron chi connectivity index (χ1n) is 13.3. The van der Waals surface area contributed by atoms with E-state index in [0.717, 1.165) is 27.3 Å². The van der Waals surface area contributed by atoms with Crippen molar-refractivity contribution in [3.63, 3.8) is 0 Å². The maximum Gasteiger partial charge on any atom is 0.244 e. The molecule has 1 N–H and O–H groups in total. The fourth-order valence-corrected chi connectivity index (χ4v) is 5.10. The lowest BCUT2D eigenvalue weighted by atomic mass is 10.0. The van der Waals surface area contributed by atoms with Crippen molar-refractivity contribution in [2.24, 2.45) is 5.92 Å². The Labute approximate surface area is 237 Å². The fourth-order valence-electron chi connectivity index (χ4n) is 4.26. The van der Waals surface area contributed by atoms with Crippen molar-refractivity contribution in [2.75, 3.05) is 23.7 Å². The Bertz CT molecular complexity index is 1410. The fraction of sp³-hybridized carbons (Fsp3) is 0.355. The largest absolute Gasteiger partial charge is 0.354 e. The van der Waals surface area contributed by atoms with Crippen LogP contribution in [0.3, 0.4) is 0 Å². The molecule has 3 aromatic carbocycles. The Morgan fingerprint density at radius 1 is 0.900 bits per heavy atom. The summed E-state index contributed by atoms with van der Waals surface area (Å²) in [6, 6.07) is 19.3. The second kappa shape index (κ2) is 13.6. The van der Waals surface area contributed by atoms with Gasteiger partial charge < -0.3 is 10.2 Å². The van der Waals surface area contributed by atoms with Gasteiger partial charge >= 0.3 is 0 Å². The molecule has 3 aromatic rings. The number of aryl methyl sites for hydroxylation is 2. The summed E-state index contributed by atoms with van der Waals surface area (Å²) in [5.41, 5.74) is 3.70. The van der Waals surface area contributed by atoms with Crippen LogP contribution in [0.4, 0.5) is 10.1 Å². The second-order valence-corrected chi connectivity index (χ2v) is 12.4. The summed E-state index contributed by atoms with van der Waals surface area (Å²) in [5, 5.41) is 2.94. The lowest BCUT2D eigenvalue weighted by Gasteiger charge is -2.33. The minimum absolute atomic E-state index is 0.00373. The molecule has 1 unspecified atom stereocenters. The molecule has 0 aliphatic heterocycles. The SMILES string of the molecule is Cc1ccc(N(CC(=O)N(Cc2ccc(F)cc2)C(Cc2ccccc2)C(=O)NCC(C)C)S(C)(=O)=O)cc1C. The molecule has 0 heterocycles. The van der Waals surface area contributed by atoms with Crippen LogP contribution in [0.25, 0.3) is 0 Å². The number of carbonyl (C=O) groups is 2. The van der Waals surface area contributed by atoms with Gasteiger partial charge in [-0.15, -0.1) is 0 Å². The Morgan fingerprint density at radius 3 is 2.12 bits per heavy atom. The summed E-state index contributed by atoms with van der Waals surface area (Å²) >= 11 is 0. The number of anilines is 1. The van der Waals surface area contributed by atoms with Crippen LogP contribution in [-0.2, 0) is 32.6 Å². The molecule has 0 saturated heterocycles. The van der Waals surface area contributed by atoms with Crippen LogP contribution in [0.5, 0.6) is 0 Å². The molecule has 0 fully saturated rings. The lowest BCUT2D eigenvalue weighted by Crippen LogP contribution is -2.53. The van der Waals surface area contributed by atoms with Gasteiger partial charge in [-0.05, 0) is 66.3 Å². The molecule has 0 aliphatic carbocycles. The molecule has 0 aliphatic rings. The number of nitrogens with zero attached hydrogens (tertiary/aromatic N) is 2. The van der Waals surface area contributed by atoms with Gasteiger partial charge in [0.1, 0.15) is 18.4 Å². The van der Waals surface area contributed by atoms with E-state index in [1.165, 1.54) is 17.0 Å². The van der Waals surface area contributed by atoms with Crippen LogP contribution in [0.2, 0.25) is 0 Å². The zero-order valence-corrected chi connectivity index (χ0v) is 24.5. The number of benzene rings is 3. The first-order chi connectivity index (χ1) is 18.8. The zero-order chi connectivity index (χ0) is 29.4. The molecule has 7 nitrogen and oxygen atoms in total. The van der Waals surface area contributed by atoms with E-state index >= 15 is 0 Å². The number of halogens is 1. The first-order valence-corrected chi connectivity index (χ1v) is 15.1. The molecule has 2 amide bonds. The summed E-state index contributed by atoms with van der Waals surface area (Å²) in [6.07, 6.45) is 1.27. The van der Waals surface area contributed by atoms with E-state index < -0.39 is 34.3 Å². The molecule has 214 valence electrons. The van der Waals surface area contributed by atoms with E-state index in [1.54, 1.807) is 30.3 Å². The number of rotatable bonds is 12. The highest BCUT2D eigenvalue weighted by molar-refractivity contribution is 7.92. The van der Waals surface area contributed by atoms with Crippen LogP contribution in [0, 0.1) is 25.6 Å². The summed E-state index contributed by atoms with van der Waals surface area (Å²) in [4.78, 5) is 29.0. The maximum atomic E-state index is 14.0. The molecule has 0 radical (unpaired) electrons. The van der Waals surface area contributed by atoms with Gasteiger partial charge in [0, 0.05) is 19.5 Å². The van der Waals surface area contributed by atoms with Gasteiger partial charge in [-0.1, -0.05) is 62.4 Å². The van der Waals surface area contributed by atoms with E-state index in [4.69, 9.17) is 0 Å². The van der Waals surface area contributed by atoms with Crippen molar-refractivity contribution in [1.29, 1.82) is 0 Å². The van der Waals surface area contributed by atoms with E-state index in [9.17, 15) is 22.4 Å². The van der Waals surface area contributed by atoms with Gasteiger partial charge in [0.2, 0.25) is 21.8 Å². The highest BCUT2D eigenvalue weighted by atomic mass is 32.2. The number of carbonyl (C=O) groups excluding carboxylic acids is 2. The Kier molecular flexibility index (Phi) is 10.5. The first kappa shape index (κ1) is 30.8. The normalized spacial score (nSPS) is 12.2. The van der Waals surface area contributed by atoms with E-state index in [2.05, 4.69) is 5.32 Å². The van der Waals surface area contributed by atoms with E-state index in [1.807, 2.05) is 58.0 Å². The lowest BCUT2D eigenvalue weighted by molar-refractivity contribution is -0.140.